The summed E-state index contributed by atoms with van der Waals surface area (Å²) >= 11 is 0. The molecule has 1 aromatic carbocycles. The number of carbonyl (C=O) groups excluding carboxylic acids is 2. The Bertz CT molecular complexity index is 956. The first-order chi connectivity index (χ1) is 13.2. The number of nitrogens with zero attached hydrogens (tertiary/aromatic N) is 2. The van der Waals surface area contributed by atoms with E-state index in [1.54, 1.807) is 23.1 Å². The van der Waals surface area contributed by atoms with Crippen LogP contribution in [0.5, 0.6) is 0 Å². The standard InChI is InChI=1S/C18H16F3N3O4/c19-18(20,21)13-8-15(25)23-14(22-13)10-28-17(27)12-4-1-3-11(7-12)9-24-6-2-5-16(24)26/h1,3-4,7-8H,2,5-6,9-10H2,(H,22,23,25). The molecule has 148 valence electrons. The van der Waals surface area contributed by atoms with Gasteiger partial charge in [-0.15, -0.1) is 0 Å². The van der Waals surface area contributed by atoms with E-state index >= 15 is 0 Å². The smallest absolute Gasteiger partial charge is 0.433 e. The van der Waals surface area contributed by atoms with Crippen molar-refractivity contribution in [3.05, 3.63) is 63.3 Å². The Kier molecular flexibility index (Phi) is 5.48. The summed E-state index contributed by atoms with van der Waals surface area (Å²) in [6.07, 6.45) is -3.49. The second kappa shape index (κ2) is 7.83. The van der Waals surface area contributed by atoms with Crippen molar-refractivity contribution in [2.24, 2.45) is 0 Å². The Morgan fingerprint density at radius 1 is 1.25 bits per heavy atom. The van der Waals surface area contributed by atoms with Crippen molar-refractivity contribution in [3.8, 4) is 0 Å². The summed E-state index contributed by atoms with van der Waals surface area (Å²) in [4.78, 5) is 42.3. The summed E-state index contributed by atoms with van der Waals surface area (Å²) in [5.74, 6) is -1.14. The van der Waals surface area contributed by atoms with Crippen LogP contribution in [0.15, 0.2) is 35.1 Å². The number of halogens is 3. The molecule has 1 fully saturated rings. The molecule has 7 nitrogen and oxygen atoms in total. The quantitative estimate of drug-likeness (QED) is 0.784. The highest BCUT2D eigenvalue weighted by Gasteiger charge is 2.33. The highest BCUT2D eigenvalue weighted by atomic mass is 19.4. The molecule has 1 aliphatic heterocycles. The zero-order chi connectivity index (χ0) is 20.3. The molecule has 1 amide bonds. The molecule has 1 aliphatic rings. The molecule has 28 heavy (non-hydrogen) atoms. The van der Waals surface area contributed by atoms with Gasteiger partial charge in [0.2, 0.25) is 5.91 Å². The molecule has 10 heteroatoms. The number of hydrogen-bond acceptors (Lipinski definition) is 5. The van der Waals surface area contributed by atoms with Crippen LogP contribution < -0.4 is 5.56 Å². The number of carbonyl (C=O) groups is 2. The Hall–Kier alpha value is -3.17. The molecule has 0 atom stereocenters. The maximum atomic E-state index is 12.7. The molecule has 3 rings (SSSR count). The average Bonchev–Trinajstić information content (AvgIpc) is 3.03. The minimum absolute atomic E-state index is 0.0487. The number of esters is 1. The number of likely N-dealkylation sites (tertiary alicyclic amines) is 1. The summed E-state index contributed by atoms with van der Waals surface area (Å²) < 4.78 is 43.1. The van der Waals surface area contributed by atoms with Crippen LogP contribution in [0.4, 0.5) is 13.2 Å². The van der Waals surface area contributed by atoms with E-state index in [2.05, 4.69) is 9.97 Å². The molecule has 2 heterocycles. The Morgan fingerprint density at radius 2 is 2.04 bits per heavy atom. The van der Waals surface area contributed by atoms with Crippen LogP contribution in [0, 0.1) is 0 Å². The van der Waals surface area contributed by atoms with Gasteiger partial charge < -0.3 is 14.6 Å². The summed E-state index contributed by atoms with van der Waals surface area (Å²) in [6, 6.07) is 6.75. The number of alkyl halides is 3. The number of aromatic amines is 1. The van der Waals surface area contributed by atoms with Crippen molar-refractivity contribution in [3.63, 3.8) is 0 Å². The van der Waals surface area contributed by atoms with E-state index in [-0.39, 0.29) is 11.5 Å². The van der Waals surface area contributed by atoms with Crippen LogP contribution in [0.1, 0.15) is 40.3 Å². The maximum Gasteiger partial charge on any atom is 0.433 e. The number of ether oxygens (including phenoxy) is 1. The van der Waals surface area contributed by atoms with Crippen LogP contribution in [0.25, 0.3) is 0 Å². The van der Waals surface area contributed by atoms with Gasteiger partial charge in [-0.05, 0) is 24.1 Å². The first kappa shape index (κ1) is 19.6. The van der Waals surface area contributed by atoms with Gasteiger partial charge in [0.1, 0.15) is 12.4 Å². The van der Waals surface area contributed by atoms with Gasteiger partial charge in [-0.3, -0.25) is 9.59 Å². The Labute approximate surface area is 157 Å². The predicted molar refractivity (Wildman–Crippen MR) is 90.1 cm³/mol. The van der Waals surface area contributed by atoms with Gasteiger partial charge >= 0.3 is 12.1 Å². The number of aromatic nitrogens is 2. The average molecular weight is 395 g/mol. The molecule has 2 aromatic rings. The van der Waals surface area contributed by atoms with E-state index in [1.807, 2.05) is 0 Å². The van der Waals surface area contributed by atoms with Crippen molar-refractivity contribution in [1.82, 2.24) is 14.9 Å². The minimum atomic E-state index is -4.78. The summed E-state index contributed by atoms with van der Waals surface area (Å²) in [6.45, 7) is 0.400. The van der Waals surface area contributed by atoms with E-state index in [0.29, 0.717) is 25.6 Å². The van der Waals surface area contributed by atoms with Gasteiger partial charge in [0.15, 0.2) is 5.69 Å². The largest absolute Gasteiger partial charge is 0.454 e. The molecule has 1 N–H and O–H groups in total. The molecule has 0 spiro atoms. The topological polar surface area (TPSA) is 92.4 Å². The molecule has 0 bridgehead atoms. The van der Waals surface area contributed by atoms with Crippen molar-refractivity contribution in [1.29, 1.82) is 0 Å². The number of hydrogen-bond donors (Lipinski definition) is 1. The maximum absolute atomic E-state index is 12.7. The molecular formula is C18H16F3N3O4. The second-order valence-electron chi connectivity index (χ2n) is 6.27. The fourth-order valence-corrected chi connectivity index (χ4v) is 2.83. The second-order valence-corrected chi connectivity index (χ2v) is 6.27. The molecule has 0 radical (unpaired) electrons. The lowest BCUT2D eigenvalue weighted by atomic mass is 10.1. The molecule has 0 unspecified atom stereocenters. The van der Waals surface area contributed by atoms with Crippen LogP contribution >= 0.6 is 0 Å². The molecule has 1 saturated heterocycles. The van der Waals surface area contributed by atoms with Gasteiger partial charge in [0.25, 0.3) is 5.56 Å². The van der Waals surface area contributed by atoms with Crippen LogP contribution in [-0.2, 0) is 28.9 Å². The van der Waals surface area contributed by atoms with Crippen LogP contribution in [0.2, 0.25) is 0 Å². The van der Waals surface area contributed by atoms with Gasteiger partial charge in [-0.2, -0.15) is 13.2 Å². The predicted octanol–water partition coefficient (Wildman–Crippen LogP) is 2.27. The van der Waals surface area contributed by atoms with Crippen molar-refractivity contribution < 1.29 is 27.5 Å². The zero-order valence-corrected chi connectivity index (χ0v) is 14.6. The Balaban J connectivity index is 1.67. The fraction of sp³-hybridized carbons (Fsp3) is 0.333. The fourth-order valence-electron chi connectivity index (χ4n) is 2.83. The number of nitrogens with one attached hydrogen (secondary N) is 1. The normalized spacial score (nSPS) is 14.4. The third-order valence-electron chi connectivity index (χ3n) is 4.13. The summed E-state index contributed by atoms with van der Waals surface area (Å²) in [5.41, 5.74) is -1.45. The highest BCUT2D eigenvalue weighted by molar-refractivity contribution is 5.89. The van der Waals surface area contributed by atoms with Gasteiger partial charge in [-0.1, -0.05) is 12.1 Å². The van der Waals surface area contributed by atoms with E-state index in [0.717, 1.165) is 12.0 Å². The molecule has 0 saturated carbocycles. The van der Waals surface area contributed by atoms with Gasteiger partial charge in [-0.25, -0.2) is 9.78 Å². The number of benzene rings is 1. The molecular weight excluding hydrogens is 379 g/mol. The lowest BCUT2D eigenvalue weighted by molar-refractivity contribution is -0.141. The van der Waals surface area contributed by atoms with Crippen molar-refractivity contribution in [2.75, 3.05) is 6.54 Å². The third-order valence-corrected chi connectivity index (χ3v) is 4.13. The monoisotopic (exact) mass is 395 g/mol. The number of rotatable bonds is 5. The van der Waals surface area contributed by atoms with E-state index in [4.69, 9.17) is 4.74 Å². The van der Waals surface area contributed by atoms with Crippen molar-refractivity contribution in [2.45, 2.75) is 32.2 Å². The van der Waals surface area contributed by atoms with E-state index in [1.165, 1.54) is 6.07 Å². The minimum Gasteiger partial charge on any atom is -0.454 e. The van der Waals surface area contributed by atoms with E-state index in [9.17, 15) is 27.6 Å². The van der Waals surface area contributed by atoms with Crippen LogP contribution in [-0.4, -0.2) is 33.3 Å². The first-order valence-electron chi connectivity index (χ1n) is 8.43. The lowest BCUT2D eigenvalue weighted by Crippen LogP contribution is -2.24. The third kappa shape index (κ3) is 4.76. The summed E-state index contributed by atoms with van der Waals surface area (Å²) in [5, 5.41) is 0. The SMILES string of the molecule is O=C(OCc1nc(C(F)(F)F)cc(=O)[nH]1)c1cccc(CN2CCCC2=O)c1. The number of H-pyrrole nitrogens is 1. The zero-order valence-electron chi connectivity index (χ0n) is 14.6. The van der Waals surface area contributed by atoms with Crippen LogP contribution in [0.3, 0.4) is 0 Å². The van der Waals surface area contributed by atoms with Gasteiger partial charge in [0, 0.05) is 25.6 Å². The molecule has 1 aromatic heterocycles. The summed E-state index contributed by atoms with van der Waals surface area (Å²) in [7, 11) is 0. The lowest BCUT2D eigenvalue weighted by Gasteiger charge is -2.15. The van der Waals surface area contributed by atoms with Gasteiger partial charge in [0.05, 0.1) is 5.56 Å². The highest BCUT2D eigenvalue weighted by Crippen LogP contribution is 2.26. The number of amides is 1. The van der Waals surface area contributed by atoms with Crippen molar-refractivity contribution >= 4 is 11.9 Å². The first-order valence-corrected chi connectivity index (χ1v) is 8.43. The molecule has 0 aliphatic carbocycles. The van der Waals surface area contributed by atoms with E-state index < -0.39 is 35.8 Å². The Morgan fingerprint density at radius 3 is 2.71 bits per heavy atom.